The Hall–Kier alpha value is -2.95. The molecule has 1 saturated heterocycles. The van der Waals surface area contributed by atoms with Crippen molar-refractivity contribution >= 4 is 17.7 Å². The van der Waals surface area contributed by atoms with Crippen LogP contribution in [0.15, 0.2) is 6.20 Å². The number of halogens is 1. The first-order valence-corrected chi connectivity index (χ1v) is 10.5. The number of piperazine rings is 1. The lowest BCUT2D eigenvalue weighted by atomic mass is 10.0. The van der Waals surface area contributed by atoms with Gasteiger partial charge in [-0.15, -0.1) is 0 Å². The minimum absolute atomic E-state index is 0.00943. The third-order valence-corrected chi connectivity index (χ3v) is 6.17. The van der Waals surface area contributed by atoms with Crippen molar-refractivity contribution in [2.24, 2.45) is 0 Å². The van der Waals surface area contributed by atoms with Crippen molar-refractivity contribution < 1.29 is 13.9 Å². The summed E-state index contributed by atoms with van der Waals surface area (Å²) < 4.78 is 19.5. The molecule has 0 radical (unpaired) electrons. The lowest BCUT2D eigenvalue weighted by Crippen LogP contribution is -2.56. The Bertz CT molecular complexity index is 978. The number of hydrogen-bond acceptors (Lipinski definition) is 7. The molecular formula is C20H29FN8O2. The first-order chi connectivity index (χ1) is 14.7. The van der Waals surface area contributed by atoms with E-state index in [0.717, 1.165) is 17.8 Å². The Balaban J connectivity index is 1.56. The SMILES string of the molecule is CCOc1cnc(F)c(Nc2n[nH]c3c2CN(C(=O)N2CCN(C)[C@H](C)C2)C3(C)C)n1. The average molecular weight is 433 g/mol. The van der Waals surface area contributed by atoms with Crippen LogP contribution in [-0.2, 0) is 12.1 Å². The molecule has 0 aromatic carbocycles. The number of urea groups is 1. The monoisotopic (exact) mass is 432 g/mol. The molecule has 11 heteroatoms. The van der Waals surface area contributed by atoms with Crippen molar-refractivity contribution in [2.45, 2.75) is 45.8 Å². The molecule has 4 rings (SSSR count). The predicted molar refractivity (Wildman–Crippen MR) is 113 cm³/mol. The third-order valence-electron chi connectivity index (χ3n) is 6.17. The molecule has 0 spiro atoms. The average Bonchev–Trinajstić information content (AvgIpc) is 3.24. The van der Waals surface area contributed by atoms with Crippen molar-refractivity contribution in [2.75, 3.05) is 38.6 Å². The highest BCUT2D eigenvalue weighted by molar-refractivity contribution is 5.78. The lowest BCUT2D eigenvalue weighted by molar-refractivity contribution is 0.0714. The molecule has 1 atom stereocenters. The second-order valence-corrected chi connectivity index (χ2v) is 8.53. The van der Waals surface area contributed by atoms with Gasteiger partial charge in [-0.25, -0.2) is 9.78 Å². The first-order valence-electron chi connectivity index (χ1n) is 10.5. The molecule has 10 nitrogen and oxygen atoms in total. The summed E-state index contributed by atoms with van der Waals surface area (Å²) in [6.45, 7) is 10.9. The van der Waals surface area contributed by atoms with E-state index in [-0.39, 0.29) is 17.7 Å². The zero-order valence-electron chi connectivity index (χ0n) is 18.6. The molecule has 2 aromatic rings. The van der Waals surface area contributed by atoms with Crippen LogP contribution in [0.25, 0.3) is 0 Å². The molecule has 0 bridgehead atoms. The van der Waals surface area contributed by atoms with Crippen molar-refractivity contribution in [1.82, 2.24) is 34.9 Å². The van der Waals surface area contributed by atoms with Crippen LogP contribution in [0.4, 0.5) is 20.8 Å². The molecule has 4 heterocycles. The summed E-state index contributed by atoms with van der Waals surface area (Å²) in [5, 5.41) is 10.2. The molecule has 0 aliphatic carbocycles. The van der Waals surface area contributed by atoms with Crippen molar-refractivity contribution in [3.8, 4) is 5.88 Å². The van der Waals surface area contributed by atoms with Gasteiger partial charge in [-0.1, -0.05) is 0 Å². The summed E-state index contributed by atoms with van der Waals surface area (Å²) in [5.74, 6) is -0.181. The molecule has 2 N–H and O–H groups in total. The van der Waals surface area contributed by atoms with Gasteiger partial charge in [0.2, 0.25) is 5.88 Å². The number of aromatic nitrogens is 4. The fraction of sp³-hybridized carbons (Fsp3) is 0.600. The lowest BCUT2D eigenvalue weighted by Gasteiger charge is -2.42. The number of nitrogens with zero attached hydrogens (tertiary/aromatic N) is 6. The molecule has 2 aliphatic rings. The van der Waals surface area contributed by atoms with Crippen LogP contribution in [0.2, 0.25) is 0 Å². The minimum atomic E-state index is -0.753. The number of hydrogen-bond donors (Lipinski definition) is 2. The van der Waals surface area contributed by atoms with E-state index in [0.29, 0.717) is 38.1 Å². The molecule has 0 saturated carbocycles. The molecule has 2 amide bonds. The quantitative estimate of drug-likeness (QED) is 0.764. The zero-order valence-corrected chi connectivity index (χ0v) is 18.6. The summed E-state index contributed by atoms with van der Waals surface area (Å²) in [7, 11) is 2.07. The molecular weight excluding hydrogens is 403 g/mol. The van der Waals surface area contributed by atoms with Gasteiger partial charge in [0.05, 0.1) is 30.6 Å². The van der Waals surface area contributed by atoms with E-state index in [1.165, 1.54) is 6.20 Å². The number of anilines is 2. The summed E-state index contributed by atoms with van der Waals surface area (Å²) >= 11 is 0. The van der Waals surface area contributed by atoms with Crippen molar-refractivity contribution in [3.05, 3.63) is 23.4 Å². The normalized spacial score (nSPS) is 20.6. The number of carbonyl (C=O) groups is 1. The standard InChI is InChI=1S/C20H29FN8O2/c1-6-31-14-9-22-16(21)18(23-14)24-17-13-11-29(20(3,4)15(13)25-26-17)19(30)28-8-7-27(5)12(2)10-28/h9,12H,6-8,10-11H2,1-5H3,(H2,23,24,25,26)/t12-/m1/s1. The van der Waals surface area contributed by atoms with Crippen LogP contribution >= 0.6 is 0 Å². The van der Waals surface area contributed by atoms with Gasteiger partial charge in [-0.05, 0) is 34.7 Å². The van der Waals surface area contributed by atoms with Gasteiger partial charge in [0.25, 0.3) is 5.95 Å². The molecule has 2 aromatic heterocycles. The van der Waals surface area contributed by atoms with Gasteiger partial charge >= 0.3 is 6.03 Å². The molecule has 31 heavy (non-hydrogen) atoms. The summed E-state index contributed by atoms with van der Waals surface area (Å²) in [6, 6.07) is 0.295. The van der Waals surface area contributed by atoms with Crippen LogP contribution < -0.4 is 10.1 Å². The molecule has 0 unspecified atom stereocenters. The number of H-pyrrole nitrogens is 1. The number of amides is 2. The summed E-state index contributed by atoms with van der Waals surface area (Å²) in [4.78, 5) is 27.1. The highest BCUT2D eigenvalue weighted by atomic mass is 19.1. The Morgan fingerprint density at radius 3 is 2.87 bits per heavy atom. The Morgan fingerprint density at radius 1 is 1.39 bits per heavy atom. The molecule has 168 valence electrons. The summed E-state index contributed by atoms with van der Waals surface area (Å²) in [5.41, 5.74) is 1.05. The minimum Gasteiger partial charge on any atom is -0.477 e. The Labute approximate surface area is 180 Å². The largest absolute Gasteiger partial charge is 0.477 e. The highest BCUT2D eigenvalue weighted by Gasteiger charge is 2.45. The maximum absolute atomic E-state index is 14.2. The zero-order chi connectivity index (χ0) is 22.3. The van der Waals surface area contributed by atoms with Gasteiger partial charge in [0.15, 0.2) is 11.6 Å². The Kier molecular flexibility index (Phi) is 5.46. The van der Waals surface area contributed by atoms with Crippen LogP contribution in [0, 0.1) is 5.95 Å². The van der Waals surface area contributed by atoms with Gasteiger partial charge in [0.1, 0.15) is 0 Å². The van der Waals surface area contributed by atoms with Crippen molar-refractivity contribution in [1.29, 1.82) is 0 Å². The van der Waals surface area contributed by atoms with Crippen LogP contribution in [0.5, 0.6) is 5.88 Å². The van der Waals surface area contributed by atoms with E-state index in [2.05, 4.69) is 44.4 Å². The first kappa shape index (κ1) is 21.3. The second-order valence-electron chi connectivity index (χ2n) is 8.53. The highest BCUT2D eigenvalue weighted by Crippen LogP contribution is 2.41. The summed E-state index contributed by atoms with van der Waals surface area (Å²) in [6.07, 6.45) is 1.24. The smallest absolute Gasteiger partial charge is 0.321 e. The second kappa shape index (κ2) is 7.95. The number of ether oxygens (including phenoxy) is 1. The van der Waals surface area contributed by atoms with Gasteiger partial charge < -0.3 is 24.8 Å². The van der Waals surface area contributed by atoms with E-state index in [9.17, 15) is 9.18 Å². The predicted octanol–water partition coefficient (Wildman–Crippen LogP) is 2.29. The van der Waals surface area contributed by atoms with Gasteiger partial charge in [-0.2, -0.15) is 14.5 Å². The van der Waals surface area contributed by atoms with E-state index < -0.39 is 11.5 Å². The van der Waals surface area contributed by atoms with Crippen LogP contribution in [0.3, 0.4) is 0 Å². The topological polar surface area (TPSA) is 103 Å². The fourth-order valence-electron chi connectivity index (χ4n) is 4.09. The number of rotatable bonds is 4. The van der Waals surface area contributed by atoms with Gasteiger partial charge in [-0.3, -0.25) is 5.10 Å². The third kappa shape index (κ3) is 3.78. The molecule has 2 aliphatic heterocycles. The maximum atomic E-state index is 14.2. The fourth-order valence-corrected chi connectivity index (χ4v) is 4.09. The number of fused-ring (bicyclic) bond motifs is 1. The number of carbonyl (C=O) groups excluding carboxylic acids is 1. The van der Waals surface area contributed by atoms with Crippen molar-refractivity contribution in [3.63, 3.8) is 0 Å². The van der Waals surface area contributed by atoms with Crippen LogP contribution in [0.1, 0.15) is 39.0 Å². The van der Waals surface area contributed by atoms with E-state index >= 15 is 0 Å². The van der Waals surface area contributed by atoms with Crippen LogP contribution in [-0.4, -0.2) is 80.2 Å². The van der Waals surface area contributed by atoms with E-state index in [4.69, 9.17) is 4.74 Å². The maximum Gasteiger partial charge on any atom is 0.321 e. The number of aromatic amines is 1. The van der Waals surface area contributed by atoms with E-state index in [1.54, 1.807) is 0 Å². The molecule has 1 fully saturated rings. The van der Waals surface area contributed by atoms with Gasteiger partial charge in [0, 0.05) is 31.2 Å². The Morgan fingerprint density at radius 2 is 2.16 bits per heavy atom. The van der Waals surface area contributed by atoms with E-state index in [1.807, 2.05) is 30.6 Å². The number of likely N-dealkylation sites (N-methyl/N-ethyl adjacent to an activating group) is 1. The number of nitrogens with one attached hydrogen (secondary N) is 2.